The normalized spacial score (nSPS) is 11.3. The number of rotatable bonds is 7. The number of nitrogens with one attached hydrogen (secondary N) is 2. The van der Waals surface area contributed by atoms with Gasteiger partial charge in [0.15, 0.2) is 0 Å². The fraction of sp³-hybridized carbons (Fsp3) is 0.381. The van der Waals surface area contributed by atoms with E-state index in [9.17, 15) is 9.59 Å². The van der Waals surface area contributed by atoms with Gasteiger partial charge >= 0.3 is 0 Å². The smallest absolute Gasteiger partial charge is 0.266 e. The van der Waals surface area contributed by atoms with E-state index in [1.54, 1.807) is 6.92 Å². The highest BCUT2D eigenvalue weighted by atomic mass is 32.1. The van der Waals surface area contributed by atoms with Crippen LogP contribution in [0.25, 0.3) is 10.2 Å². The van der Waals surface area contributed by atoms with E-state index in [4.69, 9.17) is 0 Å². The first-order valence-electron chi connectivity index (χ1n) is 9.46. The molecular weight excluding hydrogens is 372 g/mol. The van der Waals surface area contributed by atoms with Crippen LogP contribution in [-0.4, -0.2) is 34.9 Å². The first-order valence-corrected chi connectivity index (χ1v) is 10.3. The maximum atomic E-state index is 12.8. The lowest BCUT2D eigenvalue weighted by Crippen LogP contribution is -2.18. The van der Waals surface area contributed by atoms with Gasteiger partial charge in [-0.3, -0.25) is 9.59 Å². The van der Waals surface area contributed by atoms with Gasteiger partial charge in [-0.1, -0.05) is 25.5 Å². The summed E-state index contributed by atoms with van der Waals surface area (Å²) in [5, 5.41) is 3.43. The van der Waals surface area contributed by atoms with Crippen LogP contribution in [0.2, 0.25) is 0 Å². The minimum Gasteiger partial charge on any atom is -0.321 e. The van der Waals surface area contributed by atoms with Crippen molar-refractivity contribution in [2.45, 2.75) is 39.7 Å². The Morgan fingerprint density at radius 2 is 1.96 bits per heavy atom. The number of anilines is 1. The minimum absolute atomic E-state index is 0.199. The van der Waals surface area contributed by atoms with Gasteiger partial charge in [0.05, 0.1) is 16.8 Å². The molecule has 2 aromatic heterocycles. The Bertz CT molecular complexity index is 1030. The molecule has 0 aliphatic carbocycles. The summed E-state index contributed by atoms with van der Waals surface area (Å²) in [6.45, 7) is 4.50. The number of carbonyl (C=O) groups is 1. The molecule has 6 nitrogen and oxygen atoms in total. The van der Waals surface area contributed by atoms with Crippen LogP contribution in [0.4, 0.5) is 5.69 Å². The summed E-state index contributed by atoms with van der Waals surface area (Å²) in [6, 6.07) is 7.93. The number of hydrogen-bond acceptors (Lipinski definition) is 5. The van der Waals surface area contributed by atoms with E-state index in [2.05, 4.69) is 22.2 Å². The highest BCUT2D eigenvalue weighted by Crippen LogP contribution is 2.28. The van der Waals surface area contributed by atoms with Gasteiger partial charge in [0.2, 0.25) is 0 Å². The van der Waals surface area contributed by atoms with Crippen LogP contribution in [0.3, 0.4) is 0 Å². The molecule has 0 aliphatic heterocycles. The Morgan fingerprint density at radius 3 is 2.61 bits per heavy atom. The van der Waals surface area contributed by atoms with E-state index in [-0.39, 0.29) is 11.5 Å². The average molecular weight is 399 g/mol. The number of H-pyrrole nitrogens is 1. The van der Waals surface area contributed by atoms with E-state index < -0.39 is 0 Å². The molecule has 0 aliphatic rings. The van der Waals surface area contributed by atoms with Gasteiger partial charge in [-0.05, 0) is 57.1 Å². The van der Waals surface area contributed by atoms with Crippen molar-refractivity contribution < 1.29 is 4.79 Å². The topological polar surface area (TPSA) is 78.1 Å². The van der Waals surface area contributed by atoms with Crippen LogP contribution in [0, 0.1) is 6.92 Å². The molecule has 7 heteroatoms. The first-order chi connectivity index (χ1) is 13.4. The van der Waals surface area contributed by atoms with Crippen molar-refractivity contribution in [2.24, 2.45) is 0 Å². The number of unbranched alkanes of at least 4 members (excludes halogenated alkanes) is 1. The number of carbonyl (C=O) groups excluding carboxylic acids is 1. The number of fused-ring (bicyclic) bond motifs is 1. The molecule has 0 fully saturated rings. The summed E-state index contributed by atoms with van der Waals surface area (Å²) in [4.78, 5) is 35.7. The molecule has 0 spiro atoms. The second-order valence-corrected chi connectivity index (χ2v) is 8.24. The van der Waals surface area contributed by atoms with Gasteiger partial charge in [0, 0.05) is 5.69 Å². The van der Waals surface area contributed by atoms with E-state index in [1.807, 2.05) is 43.3 Å². The largest absolute Gasteiger partial charge is 0.321 e. The number of aromatic amines is 1. The maximum Gasteiger partial charge on any atom is 0.266 e. The number of thiophene rings is 1. The van der Waals surface area contributed by atoms with Crippen molar-refractivity contribution in [3.8, 4) is 0 Å². The van der Waals surface area contributed by atoms with Crippen LogP contribution < -0.4 is 10.9 Å². The quantitative estimate of drug-likeness (QED) is 0.632. The SMILES string of the molecule is CCCCc1ccc(NC(=O)c2sc3nc(CN(C)C)[nH]c(=O)c3c2C)cc1. The van der Waals surface area contributed by atoms with Crippen LogP contribution in [0.15, 0.2) is 29.1 Å². The Labute approximate surface area is 168 Å². The van der Waals surface area contributed by atoms with Crippen molar-refractivity contribution >= 4 is 33.1 Å². The number of aryl methyl sites for hydroxylation is 2. The molecule has 3 aromatic rings. The molecule has 0 radical (unpaired) electrons. The van der Waals surface area contributed by atoms with Gasteiger partial charge < -0.3 is 15.2 Å². The molecule has 2 heterocycles. The molecule has 28 heavy (non-hydrogen) atoms. The van der Waals surface area contributed by atoms with E-state index in [0.29, 0.717) is 33.0 Å². The van der Waals surface area contributed by atoms with Gasteiger partial charge in [-0.2, -0.15) is 0 Å². The molecule has 0 unspecified atom stereocenters. The molecule has 2 N–H and O–H groups in total. The number of amides is 1. The molecule has 0 bridgehead atoms. The van der Waals surface area contributed by atoms with Gasteiger partial charge in [0.1, 0.15) is 10.7 Å². The Morgan fingerprint density at radius 1 is 1.25 bits per heavy atom. The lowest BCUT2D eigenvalue weighted by molar-refractivity contribution is 0.103. The standard InChI is InChI=1S/C21H26N4O2S/c1-5-6-7-14-8-10-15(11-9-14)22-20(27)18-13(2)17-19(26)23-16(12-25(3)4)24-21(17)28-18/h8-11H,5-7,12H2,1-4H3,(H,22,27)(H,23,24,26). The monoisotopic (exact) mass is 398 g/mol. The fourth-order valence-electron chi connectivity index (χ4n) is 3.10. The third kappa shape index (κ3) is 4.48. The van der Waals surface area contributed by atoms with Gasteiger partial charge in [-0.25, -0.2) is 4.98 Å². The fourth-order valence-corrected chi connectivity index (χ4v) is 4.20. The molecule has 148 valence electrons. The molecule has 3 rings (SSSR count). The summed E-state index contributed by atoms with van der Waals surface area (Å²) >= 11 is 1.26. The van der Waals surface area contributed by atoms with Gasteiger partial charge in [-0.15, -0.1) is 11.3 Å². The Balaban J connectivity index is 1.84. The molecule has 0 saturated carbocycles. The number of benzene rings is 1. The maximum absolute atomic E-state index is 12.8. The lowest BCUT2D eigenvalue weighted by Gasteiger charge is -2.07. The van der Waals surface area contributed by atoms with Crippen LogP contribution in [0.5, 0.6) is 0 Å². The molecule has 0 saturated heterocycles. The van der Waals surface area contributed by atoms with Crippen molar-refractivity contribution in [1.29, 1.82) is 0 Å². The third-order valence-electron chi connectivity index (χ3n) is 4.55. The molecule has 1 amide bonds. The Hall–Kier alpha value is -2.51. The highest BCUT2D eigenvalue weighted by molar-refractivity contribution is 7.20. The Kier molecular flexibility index (Phi) is 6.26. The number of hydrogen-bond donors (Lipinski definition) is 2. The summed E-state index contributed by atoms with van der Waals surface area (Å²) in [5.74, 6) is 0.383. The predicted octanol–water partition coefficient (Wildman–Crippen LogP) is 3.95. The van der Waals surface area contributed by atoms with Crippen molar-refractivity contribution in [2.75, 3.05) is 19.4 Å². The highest BCUT2D eigenvalue weighted by Gasteiger charge is 2.19. The van der Waals surface area contributed by atoms with E-state index in [0.717, 1.165) is 24.9 Å². The predicted molar refractivity (Wildman–Crippen MR) is 115 cm³/mol. The summed E-state index contributed by atoms with van der Waals surface area (Å²) in [5.41, 5.74) is 2.48. The summed E-state index contributed by atoms with van der Waals surface area (Å²) in [7, 11) is 3.83. The van der Waals surface area contributed by atoms with Crippen molar-refractivity contribution in [3.63, 3.8) is 0 Å². The number of nitrogens with zero attached hydrogens (tertiary/aromatic N) is 2. The zero-order chi connectivity index (χ0) is 20.3. The minimum atomic E-state index is -0.213. The van der Waals surface area contributed by atoms with Crippen LogP contribution >= 0.6 is 11.3 Å². The summed E-state index contributed by atoms with van der Waals surface area (Å²) < 4.78 is 0. The second-order valence-electron chi connectivity index (χ2n) is 7.24. The van der Waals surface area contributed by atoms with E-state index >= 15 is 0 Å². The number of aromatic nitrogens is 2. The molecule has 0 atom stereocenters. The van der Waals surface area contributed by atoms with Crippen LogP contribution in [0.1, 0.15) is 46.4 Å². The van der Waals surface area contributed by atoms with Crippen molar-refractivity contribution in [3.05, 3.63) is 56.4 Å². The molecular formula is C21H26N4O2S. The lowest BCUT2D eigenvalue weighted by atomic mass is 10.1. The van der Waals surface area contributed by atoms with E-state index in [1.165, 1.54) is 16.9 Å². The summed E-state index contributed by atoms with van der Waals surface area (Å²) in [6.07, 6.45) is 3.36. The van der Waals surface area contributed by atoms with Crippen LogP contribution in [-0.2, 0) is 13.0 Å². The molecule has 1 aromatic carbocycles. The van der Waals surface area contributed by atoms with Gasteiger partial charge in [0.25, 0.3) is 11.5 Å². The second kappa shape index (κ2) is 8.67. The zero-order valence-corrected chi connectivity index (χ0v) is 17.6. The third-order valence-corrected chi connectivity index (χ3v) is 5.74. The first kappa shape index (κ1) is 20.2. The zero-order valence-electron chi connectivity index (χ0n) is 16.8. The average Bonchev–Trinajstić information content (AvgIpc) is 2.97. The van der Waals surface area contributed by atoms with Crippen molar-refractivity contribution in [1.82, 2.24) is 14.9 Å².